The minimum absolute atomic E-state index is 0.00126. The lowest BCUT2D eigenvalue weighted by atomic mass is 9.85. The first-order valence-electron chi connectivity index (χ1n) is 12.5. The number of carbonyl (C=O) groups excluding carboxylic acids is 1. The van der Waals surface area contributed by atoms with Crippen molar-refractivity contribution >= 4 is 5.91 Å². The maximum atomic E-state index is 14.0. The Kier molecular flexibility index (Phi) is 7.87. The van der Waals surface area contributed by atoms with E-state index < -0.39 is 17.2 Å². The molecule has 1 aliphatic rings. The van der Waals surface area contributed by atoms with E-state index in [1.54, 1.807) is 24.9 Å². The highest BCUT2D eigenvalue weighted by Crippen LogP contribution is 2.34. The van der Waals surface area contributed by atoms with E-state index >= 15 is 0 Å². The van der Waals surface area contributed by atoms with Gasteiger partial charge in [-0.1, -0.05) is 12.1 Å². The lowest BCUT2D eigenvalue weighted by Gasteiger charge is -2.34. The minimum Gasteiger partial charge on any atom is -0.490 e. The highest BCUT2D eigenvalue weighted by atomic mass is 19.1. The predicted molar refractivity (Wildman–Crippen MR) is 136 cm³/mol. The summed E-state index contributed by atoms with van der Waals surface area (Å²) in [6.07, 6.45) is 2.57. The number of hydrogen-bond donors (Lipinski definition) is 1. The van der Waals surface area contributed by atoms with Crippen LogP contribution in [0.25, 0.3) is 0 Å². The molecule has 1 amide bonds. The Bertz CT molecular complexity index is 1250. The Morgan fingerprint density at radius 3 is 2.35 bits per heavy atom. The molecule has 0 spiro atoms. The second kappa shape index (κ2) is 10.9. The van der Waals surface area contributed by atoms with Crippen molar-refractivity contribution in [3.05, 3.63) is 88.0 Å². The van der Waals surface area contributed by atoms with E-state index in [0.29, 0.717) is 43.1 Å². The summed E-state index contributed by atoms with van der Waals surface area (Å²) in [5.74, 6) is -0.456. The van der Waals surface area contributed by atoms with Crippen LogP contribution in [0.4, 0.5) is 8.78 Å². The molecule has 2 heterocycles. The van der Waals surface area contributed by atoms with Gasteiger partial charge < -0.3 is 14.7 Å². The molecule has 1 saturated heterocycles. The molecule has 8 heteroatoms. The number of nitrogens with zero attached hydrogens (tertiary/aromatic N) is 3. The van der Waals surface area contributed by atoms with Gasteiger partial charge in [0, 0.05) is 36.3 Å². The minimum atomic E-state index is -1.34. The summed E-state index contributed by atoms with van der Waals surface area (Å²) in [4.78, 5) is 23.4. The van der Waals surface area contributed by atoms with Crippen molar-refractivity contribution < 1.29 is 23.4 Å². The van der Waals surface area contributed by atoms with Crippen LogP contribution < -0.4 is 4.74 Å². The van der Waals surface area contributed by atoms with Crippen LogP contribution in [0.5, 0.6) is 5.75 Å². The number of piperidine rings is 1. The Labute approximate surface area is 216 Å². The molecule has 2 aromatic carbocycles. The van der Waals surface area contributed by atoms with Gasteiger partial charge >= 0.3 is 0 Å². The van der Waals surface area contributed by atoms with Crippen LogP contribution in [0, 0.1) is 32.4 Å². The maximum Gasteiger partial charge on any atom is 0.227 e. The molecular weight excluding hydrogens is 476 g/mol. The fraction of sp³-hybridized carbons (Fsp3) is 0.414. The number of carbonyl (C=O) groups is 1. The zero-order chi connectivity index (χ0) is 26.7. The molecule has 1 fully saturated rings. The van der Waals surface area contributed by atoms with Crippen molar-refractivity contribution in [1.29, 1.82) is 0 Å². The largest absolute Gasteiger partial charge is 0.490 e. The first kappa shape index (κ1) is 26.7. The van der Waals surface area contributed by atoms with Gasteiger partial charge in [-0.3, -0.25) is 4.79 Å². The molecule has 1 aliphatic heterocycles. The van der Waals surface area contributed by atoms with Crippen LogP contribution in [-0.4, -0.2) is 45.6 Å². The molecule has 0 radical (unpaired) electrons. The van der Waals surface area contributed by atoms with E-state index in [4.69, 9.17) is 4.74 Å². The Morgan fingerprint density at radius 1 is 1.11 bits per heavy atom. The molecule has 6 nitrogen and oxygen atoms in total. The fourth-order valence-electron chi connectivity index (χ4n) is 4.90. The number of rotatable bonds is 7. The Morgan fingerprint density at radius 2 is 1.73 bits per heavy atom. The third-order valence-electron chi connectivity index (χ3n) is 6.86. The quantitative estimate of drug-likeness (QED) is 0.490. The van der Waals surface area contributed by atoms with E-state index in [-0.39, 0.29) is 30.4 Å². The molecule has 3 aromatic rings. The van der Waals surface area contributed by atoms with Crippen molar-refractivity contribution in [2.75, 3.05) is 19.7 Å². The number of aliphatic hydroxyl groups is 1. The summed E-state index contributed by atoms with van der Waals surface area (Å²) in [6, 6.07) is 9.51. The first-order chi connectivity index (χ1) is 17.5. The van der Waals surface area contributed by atoms with Crippen LogP contribution in [0.1, 0.15) is 59.5 Å². The SMILES string of the molecule is Cc1cc(C)cc(OCC(C)(O)c2cnc(C)nc2C2CCN(C(=O)Cc3c(F)cccc3F)CC2)c1. The van der Waals surface area contributed by atoms with Crippen LogP contribution in [0.15, 0.2) is 42.6 Å². The summed E-state index contributed by atoms with van der Waals surface area (Å²) >= 11 is 0. The average Bonchev–Trinajstić information content (AvgIpc) is 2.84. The smallest absolute Gasteiger partial charge is 0.227 e. The van der Waals surface area contributed by atoms with Crippen molar-refractivity contribution in [2.24, 2.45) is 0 Å². The van der Waals surface area contributed by atoms with Gasteiger partial charge in [-0.05, 0) is 75.9 Å². The molecule has 4 rings (SSSR count). The summed E-state index contributed by atoms with van der Waals surface area (Å²) in [5.41, 5.74) is 1.95. The van der Waals surface area contributed by atoms with Crippen LogP contribution in [0.3, 0.4) is 0 Å². The number of ether oxygens (including phenoxy) is 1. The van der Waals surface area contributed by atoms with Crippen molar-refractivity contribution in [3.63, 3.8) is 0 Å². The zero-order valence-corrected chi connectivity index (χ0v) is 21.7. The molecule has 37 heavy (non-hydrogen) atoms. The van der Waals surface area contributed by atoms with Crippen molar-refractivity contribution in [1.82, 2.24) is 14.9 Å². The number of amides is 1. The molecule has 1 aromatic heterocycles. The van der Waals surface area contributed by atoms with Crippen LogP contribution in [-0.2, 0) is 16.8 Å². The molecule has 196 valence electrons. The highest BCUT2D eigenvalue weighted by molar-refractivity contribution is 5.79. The standard InChI is InChI=1S/C29H33F2N3O3/c1-18-12-19(2)14-22(13-18)37-17-29(4,36)24-16-32-20(3)33-28(24)21-8-10-34(11-9-21)27(35)15-23-25(30)6-5-7-26(23)31/h5-7,12-14,16,21,36H,8-11,15,17H2,1-4H3. The van der Waals surface area contributed by atoms with Gasteiger partial charge in [0.1, 0.15) is 35.4 Å². The van der Waals surface area contributed by atoms with E-state index in [2.05, 4.69) is 16.0 Å². The van der Waals surface area contributed by atoms with Gasteiger partial charge in [0.05, 0.1) is 12.1 Å². The van der Waals surface area contributed by atoms with E-state index in [9.17, 15) is 18.7 Å². The molecule has 1 N–H and O–H groups in total. The average molecular weight is 510 g/mol. The number of halogens is 2. The second-order valence-corrected chi connectivity index (χ2v) is 10.1. The number of hydrogen-bond acceptors (Lipinski definition) is 5. The van der Waals surface area contributed by atoms with Gasteiger partial charge in [0.2, 0.25) is 5.91 Å². The third kappa shape index (κ3) is 6.31. The van der Waals surface area contributed by atoms with Crippen molar-refractivity contribution in [2.45, 2.75) is 58.5 Å². The predicted octanol–water partition coefficient (Wildman–Crippen LogP) is 4.92. The van der Waals surface area contributed by atoms with Crippen molar-refractivity contribution in [3.8, 4) is 5.75 Å². The lowest BCUT2D eigenvalue weighted by Crippen LogP contribution is -2.40. The Hall–Kier alpha value is -3.39. The highest BCUT2D eigenvalue weighted by Gasteiger charge is 2.34. The van der Waals surface area contributed by atoms with E-state index in [0.717, 1.165) is 29.0 Å². The van der Waals surface area contributed by atoms with E-state index in [1.807, 2.05) is 26.0 Å². The number of benzene rings is 2. The third-order valence-corrected chi connectivity index (χ3v) is 6.86. The first-order valence-corrected chi connectivity index (χ1v) is 12.5. The van der Waals surface area contributed by atoms with Crippen LogP contribution in [0.2, 0.25) is 0 Å². The summed E-state index contributed by atoms with van der Waals surface area (Å²) in [6.45, 7) is 8.37. The molecule has 0 aliphatic carbocycles. The molecule has 1 atom stereocenters. The zero-order valence-electron chi connectivity index (χ0n) is 21.7. The van der Waals surface area contributed by atoms with E-state index in [1.165, 1.54) is 6.07 Å². The number of aryl methyl sites for hydroxylation is 3. The number of likely N-dealkylation sites (tertiary alicyclic amines) is 1. The normalized spacial score (nSPS) is 15.9. The monoisotopic (exact) mass is 509 g/mol. The maximum absolute atomic E-state index is 14.0. The summed E-state index contributed by atoms with van der Waals surface area (Å²) in [7, 11) is 0. The topological polar surface area (TPSA) is 75.6 Å². The molecule has 1 unspecified atom stereocenters. The van der Waals surface area contributed by atoms with Gasteiger partial charge in [0.15, 0.2) is 0 Å². The fourth-order valence-corrected chi connectivity index (χ4v) is 4.90. The number of aromatic nitrogens is 2. The summed E-state index contributed by atoms with van der Waals surface area (Å²) < 4.78 is 34.0. The van der Waals surface area contributed by atoms with Gasteiger partial charge in [-0.25, -0.2) is 18.7 Å². The van der Waals surface area contributed by atoms with Gasteiger partial charge in [0.25, 0.3) is 0 Å². The van der Waals surface area contributed by atoms with Crippen LogP contribution >= 0.6 is 0 Å². The summed E-state index contributed by atoms with van der Waals surface area (Å²) in [5, 5.41) is 11.4. The molecule has 0 saturated carbocycles. The second-order valence-electron chi connectivity index (χ2n) is 10.1. The van der Waals surface area contributed by atoms with Gasteiger partial charge in [-0.15, -0.1) is 0 Å². The lowest BCUT2D eigenvalue weighted by molar-refractivity contribution is -0.131. The Balaban J connectivity index is 1.45. The molecule has 0 bridgehead atoms. The molecular formula is C29H33F2N3O3. The van der Waals surface area contributed by atoms with Gasteiger partial charge in [-0.2, -0.15) is 0 Å².